The number of benzene rings is 2. The van der Waals surface area contributed by atoms with Crippen molar-refractivity contribution in [3.8, 4) is 0 Å². The molecule has 5 nitrogen and oxygen atoms in total. The second kappa shape index (κ2) is 7.27. The number of anilines is 2. The van der Waals surface area contributed by atoms with Crippen LogP contribution in [-0.4, -0.2) is 18.9 Å². The molecule has 5 heteroatoms. The zero-order valence-electron chi connectivity index (χ0n) is 13.5. The number of amides is 2. The summed E-state index contributed by atoms with van der Waals surface area (Å²) in [5.74, 6) is -0.0777. The molecule has 0 heterocycles. The normalized spacial score (nSPS) is 14.7. The molecule has 2 amide bonds. The third-order valence-corrected chi connectivity index (χ3v) is 3.92. The molecule has 1 fully saturated rings. The first-order chi connectivity index (χ1) is 11.7. The van der Waals surface area contributed by atoms with E-state index in [4.69, 9.17) is 4.74 Å². The van der Waals surface area contributed by atoms with Gasteiger partial charge in [0.15, 0.2) is 6.10 Å². The van der Waals surface area contributed by atoms with Crippen molar-refractivity contribution in [3.63, 3.8) is 0 Å². The molecule has 0 aromatic heterocycles. The van der Waals surface area contributed by atoms with Gasteiger partial charge in [0.25, 0.3) is 5.91 Å². The van der Waals surface area contributed by atoms with Crippen molar-refractivity contribution in [1.82, 2.24) is 0 Å². The molecule has 1 saturated carbocycles. The maximum atomic E-state index is 12.5. The average molecular weight is 324 g/mol. The summed E-state index contributed by atoms with van der Waals surface area (Å²) >= 11 is 0. The fraction of sp³-hybridized carbons (Fsp3) is 0.263. The molecular weight excluding hydrogens is 304 g/mol. The van der Waals surface area contributed by atoms with E-state index >= 15 is 0 Å². The highest BCUT2D eigenvalue weighted by molar-refractivity contribution is 5.97. The van der Waals surface area contributed by atoms with E-state index < -0.39 is 6.10 Å². The van der Waals surface area contributed by atoms with E-state index in [-0.39, 0.29) is 17.7 Å². The smallest absolute Gasteiger partial charge is 0.258 e. The monoisotopic (exact) mass is 324 g/mol. The SMILES string of the molecule is COC(C(=O)Nc1cccc(NC(=O)C2CC2)c1)c1ccccc1. The summed E-state index contributed by atoms with van der Waals surface area (Å²) in [6.45, 7) is 0. The van der Waals surface area contributed by atoms with E-state index in [1.165, 1.54) is 7.11 Å². The Morgan fingerprint density at radius 3 is 2.29 bits per heavy atom. The van der Waals surface area contributed by atoms with E-state index in [2.05, 4.69) is 10.6 Å². The standard InChI is InChI=1S/C19H20N2O3/c1-24-17(13-6-3-2-4-7-13)19(23)21-16-9-5-8-15(12-16)20-18(22)14-10-11-14/h2-9,12,14,17H,10-11H2,1H3,(H,20,22)(H,21,23). The lowest BCUT2D eigenvalue weighted by atomic mass is 10.1. The summed E-state index contributed by atoms with van der Waals surface area (Å²) in [6.07, 6.45) is 1.22. The van der Waals surface area contributed by atoms with Crippen LogP contribution < -0.4 is 10.6 Å². The van der Waals surface area contributed by atoms with Crippen LogP contribution in [-0.2, 0) is 14.3 Å². The fourth-order valence-corrected chi connectivity index (χ4v) is 2.49. The number of ether oxygens (including phenoxy) is 1. The number of rotatable bonds is 6. The number of nitrogens with one attached hydrogen (secondary N) is 2. The van der Waals surface area contributed by atoms with E-state index in [1.54, 1.807) is 24.3 Å². The van der Waals surface area contributed by atoms with Gasteiger partial charge < -0.3 is 15.4 Å². The Bertz CT molecular complexity index is 726. The van der Waals surface area contributed by atoms with Gasteiger partial charge in [-0.3, -0.25) is 9.59 Å². The second-order valence-corrected chi connectivity index (χ2v) is 5.86. The van der Waals surface area contributed by atoms with Crippen LogP contribution in [0.3, 0.4) is 0 Å². The number of hydrogen-bond donors (Lipinski definition) is 2. The van der Waals surface area contributed by atoms with Crippen molar-refractivity contribution < 1.29 is 14.3 Å². The highest BCUT2D eigenvalue weighted by atomic mass is 16.5. The molecule has 0 spiro atoms. The molecule has 2 aromatic rings. The van der Waals surface area contributed by atoms with Crippen molar-refractivity contribution in [1.29, 1.82) is 0 Å². The van der Waals surface area contributed by atoms with Gasteiger partial charge in [-0.2, -0.15) is 0 Å². The summed E-state index contributed by atoms with van der Waals surface area (Å²) in [7, 11) is 1.50. The van der Waals surface area contributed by atoms with Gasteiger partial charge in [0.05, 0.1) is 0 Å². The number of methoxy groups -OCH3 is 1. The molecule has 0 aliphatic heterocycles. The first kappa shape index (κ1) is 16.2. The Morgan fingerprint density at radius 1 is 1.00 bits per heavy atom. The summed E-state index contributed by atoms with van der Waals surface area (Å²) in [5.41, 5.74) is 2.08. The van der Waals surface area contributed by atoms with Gasteiger partial charge in [-0.25, -0.2) is 0 Å². The van der Waals surface area contributed by atoms with E-state index in [0.29, 0.717) is 11.4 Å². The molecule has 2 aromatic carbocycles. The van der Waals surface area contributed by atoms with Gasteiger partial charge in [0.1, 0.15) is 0 Å². The molecule has 24 heavy (non-hydrogen) atoms. The van der Waals surface area contributed by atoms with Crippen molar-refractivity contribution in [2.45, 2.75) is 18.9 Å². The third-order valence-electron chi connectivity index (χ3n) is 3.92. The van der Waals surface area contributed by atoms with E-state index in [1.807, 2.05) is 30.3 Å². The molecule has 3 rings (SSSR count). The van der Waals surface area contributed by atoms with Crippen molar-refractivity contribution in [2.75, 3.05) is 17.7 Å². The van der Waals surface area contributed by atoms with Gasteiger partial charge in [0, 0.05) is 24.4 Å². The minimum atomic E-state index is -0.684. The third kappa shape index (κ3) is 4.00. The summed E-state index contributed by atoms with van der Waals surface area (Å²) in [5, 5.41) is 5.71. The lowest BCUT2D eigenvalue weighted by Crippen LogP contribution is -2.22. The van der Waals surface area contributed by atoms with E-state index in [0.717, 1.165) is 18.4 Å². The minimum absolute atomic E-state index is 0.0394. The zero-order chi connectivity index (χ0) is 16.9. The van der Waals surface area contributed by atoms with Crippen LogP contribution in [0, 0.1) is 5.92 Å². The Balaban J connectivity index is 1.68. The Labute approximate surface area is 141 Å². The Morgan fingerprint density at radius 2 is 1.67 bits per heavy atom. The van der Waals surface area contributed by atoms with Gasteiger partial charge in [-0.1, -0.05) is 36.4 Å². The maximum Gasteiger partial charge on any atom is 0.258 e. The van der Waals surface area contributed by atoms with Crippen molar-refractivity contribution in [2.24, 2.45) is 5.92 Å². The lowest BCUT2D eigenvalue weighted by molar-refractivity contribution is -0.126. The number of carbonyl (C=O) groups is 2. The van der Waals surface area contributed by atoms with Gasteiger partial charge >= 0.3 is 0 Å². The highest BCUT2D eigenvalue weighted by Crippen LogP contribution is 2.30. The molecule has 0 saturated heterocycles. The zero-order valence-corrected chi connectivity index (χ0v) is 13.5. The summed E-state index contributed by atoms with van der Waals surface area (Å²) < 4.78 is 5.32. The lowest BCUT2D eigenvalue weighted by Gasteiger charge is -2.16. The van der Waals surface area contributed by atoms with Crippen LogP contribution in [0.2, 0.25) is 0 Å². The van der Waals surface area contributed by atoms with Crippen molar-refractivity contribution in [3.05, 3.63) is 60.2 Å². The number of carbonyl (C=O) groups excluding carboxylic acids is 2. The first-order valence-corrected chi connectivity index (χ1v) is 7.97. The molecule has 1 aliphatic carbocycles. The molecule has 1 atom stereocenters. The molecule has 1 aliphatic rings. The van der Waals surface area contributed by atoms with Crippen LogP contribution in [0.1, 0.15) is 24.5 Å². The predicted molar refractivity (Wildman–Crippen MR) is 92.6 cm³/mol. The van der Waals surface area contributed by atoms with Crippen LogP contribution in [0.25, 0.3) is 0 Å². The average Bonchev–Trinajstić information content (AvgIpc) is 3.42. The van der Waals surface area contributed by atoms with E-state index in [9.17, 15) is 9.59 Å². The summed E-state index contributed by atoms with van der Waals surface area (Å²) in [6, 6.07) is 16.4. The molecule has 0 bridgehead atoms. The highest BCUT2D eigenvalue weighted by Gasteiger charge is 2.29. The molecular formula is C19H20N2O3. The largest absolute Gasteiger partial charge is 0.367 e. The summed E-state index contributed by atoms with van der Waals surface area (Å²) in [4.78, 5) is 24.3. The van der Waals surface area contributed by atoms with Crippen LogP contribution >= 0.6 is 0 Å². The topological polar surface area (TPSA) is 67.4 Å². The number of hydrogen-bond acceptors (Lipinski definition) is 3. The Kier molecular flexibility index (Phi) is 4.91. The maximum absolute atomic E-state index is 12.5. The quantitative estimate of drug-likeness (QED) is 0.856. The minimum Gasteiger partial charge on any atom is -0.367 e. The van der Waals surface area contributed by atoms with Gasteiger partial charge in [-0.15, -0.1) is 0 Å². The predicted octanol–water partition coefficient (Wildman–Crippen LogP) is 3.36. The fourth-order valence-electron chi connectivity index (χ4n) is 2.49. The van der Waals surface area contributed by atoms with Gasteiger partial charge in [0.2, 0.25) is 5.91 Å². The second-order valence-electron chi connectivity index (χ2n) is 5.86. The van der Waals surface area contributed by atoms with Crippen LogP contribution in [0.15, 0.2) is 54.6 Å². The van der Waals surface area contributed by atoms with Crippen LogP contribution in [0.4, 0.5) is 11.4 Å². The Hall–Kier alpha value is -2.66. The molecule has 1 unspecified atom stereocenters. The van der Waals surface area contributed by atoms with Crippen LogP contribution in [0.5, 0.6) is 0 Å². The molecule has 124 valence electrons. The molecule has 2 N–H and O–H groups in total. The van der Waals surface area contributed by atoms with Gasteiger partial charge in [-0.05, 0) is 36.6 Å². The first-order valence-electron chi connectivity index (χ1n) is 7.97. The molecule has 0 radical (unpaired) electrons. The van der Waals surface area contributed by atoms with Crippen molar-refractivity contribution >= 4 is 23.2 Å².